The summed E-state index contributed by atoms with van der Waals surface area (Å²) in [6.45, 7) is 6.50. The number of thioether (sulfide) groups is 1. The van der Waals surface area contributed by atoms with Gasteiger partial charge in [0.2, 0.25) is 0 Å². The number of amides is 1. The van der Waals surface area contributed by atoms with Crippen LogP contribution in [0.15, 0.2) is 39.7 Å². The van der Waals surface area contributed by atoms with Crippen molar-refractivity contribution in [3.63, 3.8) is 0 Å². The quantitative estimate of drug-likeness (QED) is 0.485. The van der Waals surface area contributed by atoms with E-state index in [0.717, 1.165) is 20.5 Å². The highest BCUT2D eigenvalue weighted by Crippen LogP contribution is 2.32. The van der Waals surface area contributed by atoms with Gasteiger partial charge >= 0.3 is 5.97 Å². The first-order chi connectivity index (χ1) is 13.8. The maximum absolute atomic E-state index is 12.4. The van der Waals surface area contributed by atoms with Crippen LogP contribution in [0, 0.1) is 13.8 Å². The average molecular weight is 480 g/mol. The molecule has 0 radical (unpaired) electrons. The van der Waals surface area contributed by atoms with E-state index in [1.807, 2.05) is 26.0 Å². The molecule has 0 saturated carbocycles. The summed E-state index contributed by atoms with van der Waals surface area (Å²) in [6.07, 6.45) is -0.913. The van der Waals surface area contributed by atoms with Crippen molar-refractivity contribution in [1.82, 2.24) is 0 Å². The van der Waals surface area contributed by atoms with Crippen molar-refractivity contribution in [3.05, 3.63) is 45.9 Å². The van der Waals surface area contributed by atoms with Gasteiger partial charge < -0.3 is 19.5 Å². The Hall–Kier alpha value is -2.19. The highest BCUT2D eigenvalue weighted by molar-refractivity contribution is 9.10. The van der Waals surface area contributed by atoms with Gasteiger partial charge in [0, 0.05) is 21.1 Å². The molecule has 1 aliphatic rings. The second-order valence-electron chi connectivity index (χ2n) is 6.64. The third-order valence-electron chi connectivity index (χ3n) is 4.29. The largest absolute Gasteiger partial charge is 0.486 e. The fourth-order valence-corrected chi connectivity index (χ4v) is 4.04. The van der Waals surface area contributed by atoms with Gasteiger partial charge in [-0.25, -0.2) is 0 Å². The summed E-state index contributed by atoms with van der Waals surface area (Å²) >= 11 is 4.89. The number of carbonyl (C=O) groups excluding carboxylic acids is 2. The van der Waals surface area contributed by atoms with Crippen LogP contribution in [-0.4, -0.2) is 36.9 Å². The fraction of sp³-hybridized carbons (Fsp3) is 0.333. The molecule has 1 unspecified atom stereocenters. The lowest BCUT2D eigenvalue weighted by atomic mass is 10.2. The van der Waals surface area contributed by atoms with Crippen molar-refractivity contribution in [1.29, 1.82) is 0 Å². The Balaban J connectivity index is 1.51. The number of aryl methyl sites for hydroxylation is 2. The first-order valence-electron chi connectivity index (χ1n) is 9.13. The molecule has 1 N–H and O–H groups in total. The number of nitrogens with one attached hydrogen (secondary N) is 1. The van der Waals surface area contributed by atoms with Gasteiger partial charge in [-0.3, -0.25) is 9.59 Å². The predicted molar refractivity (Wildman–Crippen MR) is 116 cm³/mol. The van der Waals surface area contributed by atoms with Crippen molar-refractivity contribution in [3.8, 4) is 11.5 Å². The summed E-state index contributed by atoms with van der Waals surface area (Å²) in [7, 11) is 0. The minimum Gasteiger partial charge on any atom is -0.486 e. The molecular weight excluding hydrogens is 458 g/mol. The van der Waals surface area contributed by atoms with Crippen molar-refractivity contribution in [2.45, 2.75) is 31.8 Å². The van der Waals surface area contributed by atoms with Crippen LogP contribution < -0.4 is 14.8 Å². The highest BCUT2D eigenvalue weighted by atomic mass is 79.9. The summed E-state index contributed by atoms with van der Waals surface area (Å²) in [4.78, 5) is 25.5. The van der Waals surface area contributed by atoms with Crippen molar-refractivity contribution in [2.75, 3.05) is 24.3 Å². The maximum atomic E-state index is 12.4. The average Bonchev–Trinajstić information content (AvgIpc) is 2.69. The minimum atomic E-state index is -0.913. The van der Waals surface area contributed by atoms with Crippen LogP contribution in [0.1, 0.15) is 18.1 Å². The molecule has 1 aliphatic heterocycles. The van der Waals surface area contributed by atoms with Crippen LogP contribution in [-0.2, 0) is 14.3 Å². The SMILES string of the molecule is Cc1cc(SCC(=O)OC(C)C(=O)Nc2ccc3c(c2)OCCO3)c(C)cc1Br. The Morgan fingerprint density at radius 1 is 1.14 bits per heavy atom. The van der Waals surface area contributed by atoms with Gasteiger partial charge in [0.1, 0.15) is 13.2 Å². The number of carbonyl (C=O) groups is 2. The van der Waals surface area contributed by atoms with Crippen molar-refractivity contribution in [2.24, 2.45) is 0 Å². The Morgan fingerprint density at radius 3 is 2.62 bits per heavy atom. The smallest absolute Gasteiger partial charge is 0.317 e. The number of hydrogen-bond acceptors (Lipinski definition) is 6. The van der Waals surface area contributed by atoms with Crippen LogP contribution >= 0.6 is 27.7 Å². The zero-order valence-electron chi connectivity index (χ0n) is 16.4. The van der Waals surface area contributed by atoms with Crippen molar-refractivity contribution >= 4 is 45.3 Å². The number of rotatable bonds is 6. The molecule has 0 aliphatic carbocycles. The second-order valence-corrected chi connectivity index (χ2v) is 8.51. The van der Waals surface area contributed by atoms with E-state index in [4.69, 9.17) is 14.2 Å². The van der Waals surface area contributed by atoms with Crippen LogP contribution in [0.3, 0.4) is 0 Å². The van der Waals surface area contributed by atoms with Crippen LogP contribution in [0.5, 0.6) is 11.5 Å². The molecule has 1 atom stereocenters. The Bertz CT molecular complexity index is 934. The lowest BCUT2D eigenvalue weighted by Crippen LogP contribution is -2.30. The van der Waals surface area contributed by atoms with E-state index >= 15 is 0 Å². The summed E-state index contributed by atoms with van der Waals surface area (Å²) < 4.78 is 17.3. The van der Waals surface area contributed by atoms with Gasteiger partial charge in [-0.05, 0) is 56.2 Å². The zero-order chi connectivity index (χ0) is 21.0. The van der Waals surface area contributed by atoms with Crippen LogP contribution in [0.25, 0.3) is 0 Å². The molecule has 0 saturated heterocycles. The summed E-state index contributed by atoms with van der Waals surface area (Å²) in [5.41, 5.74) is 2.72. The van der Waals surface area contributed by atoms with Gasteiger partial charge in [0.25, 0.3) is 5.91 Å². The number of ether oxygens (including phenoxy) is 3. The third kappa shape index (κ3) is 5.67. The molecule has 29 heavy (non-hydrogen) atoms. The van der Waals surface area contributed by atoms with Gasteiger partial charge in [-0.1, -0.05) is 15.9 Å². The van der Waals surface area contributed by atoms with Crippen LogP contribution in [0.4, 0.5) is 5.69 Å². The van der Waals surface area contributed by atoms with E-state index < -0.39 is 18.0 Å². The van der Waals surface area contributed by atoms with Crippen LogP contribution in [0.2, 0.25) is 0 Å². The number of anilines is 1. The molecular formula is C21H22BrNO5S. The standard InChI is InChI=1S/C21H22BrNO5S/c1-12-9-19(13(2)8-16(12)22)29-11-20(24)28-14(3)21(25)23-15-4-5-17-18(10-15)27-7-6-26-17/h4-5,8-10,14H,6-7,11H2,1-3H3,(H,23,25). The number of benzene rings is 2. The first kappa shape index (κ1) is 21.5. The van der Waals surface area contributed by atoms with E-state index in [1.165, 1.54) is 11.8 Å². The minimum absolute atomic E-state index is 0.129. The maximum Gasteiger partial charge on any atom is 0.317 e. The molecule has 1 heterocycles. The zero-order valence-corrected chi connectivity index (χ0v) is 18.8. The topological polar surface area (TPSA) is 73.9 Å². The molecule has 154 valence electrons. The van der Waals surface area contributed by atoms with Gasteiger partial charge in [-0.15, -0.1) is 11.8 Å². The number of halogens is 1. The molecule has 0 bridgehead atoms. The van der Waals surface area contributed by atoms with E-state index in [9.17, 15) is 9.59 Å². The summed E-state index contributed by atoms with van der Waals surface area (Å²) in [6, 6.07) is 9.19. The Morgan fingerprint density at radius 2 is 1.86 bits per heavy atom. The van der Waals surface area contributed by atoms with Gasteiger partial charge in [-0.2, -0.15) is 0 Å². The number of hydrogen-bond donors (Lipinski definition) is 1. The first-order valence-corrected chi connectivity index (χ1v) is 10.9. The third-order valence-corrected chi connectivity index (χ3v) is 6.27. The lowest BCUT2D eigenvalue weighted by molar-refractivity contribution is -0.150. The second kappa shape index (κ2) is 9.54. The predicted octanol–water partition coefficient (Wildman–Crippen LogP) is 4.50. The molecule has 0 fully saturated rings. The number of esters is 1. The van der Waals surface area contributed by atoms with Gasteiger partial charge in [0.15, 0.2) is 17.6 Å². The summed E-state index contributed by atoms with van der Waals surface area (Å²) in [5, 5.41) is 2.73. The van der Waals surface area contributed by atoms with E-state index in [-0.39, 0.29) is 5.75 Å². The highest BCUT2D eigenvalue weighted by Gasteiger charge is 2.20. The molecule has 1 amide bonds. The molecule has 6 nitrogen and oxygen atoms in total. The Kier molecular flexibility index (Phi) is 7.08. The molecule has 8 heteroatoms. The summed E-state index contributed by atoms with van der Waals surface area (Å²) in [5.74, 6) is 0.499. The van der Waals surface area contributed by atoms with Crippen molar-refractivity contribution < 1.29 is 23.8 Å². The Labute approximate surface area is 182 Å². The molecule has 0 spiro atoms. The normalized spacial score (nSPS) is 13.5. The van der Waals surface area contributed by atoms with E-state index in [1.54, 1.807) is 25.1 Å². The van der Waals surface area contributed by atoms with E-state index in [2.05, 4.69) is 21.2 Å². The molecule has 0 aromatic heterocycles. The molecule has 3 rings (SSSR count). The molecule has 2 aromatic rings. The van der Waals surface area contributed by atoms with Gasteiger partial charge in [0.05, 0.1) is 5.75 Å². The fourth-order valence-electron chi connectivity index (χ4n) is 2.70. The number of fused-ring (bicyclic) bond motifs is 1. The molecule has 2 aromatic carbocycles. The van der Waals surface area contributed by atoms with E-state index in [0.29, 0.717) is 30.4 Å². The monoisotopic (exact) mass is 479 g/mol. The lowest BCUT2D eigenvalue weighted by Gasteiger charge is -2.19.